The first-order chi connectivity index (χ1) is 11.0. The molecule has 2 aromatic rings. The van der Waals surface area contributed by atoms with E-state index in [0.29, 0.717) is 18.3 Å². The van der Waals surface area contributed by atoms with Crippen LogP contribution >= 0.6 is 24.0 Å². The second-order valence-electron chi connectivity index (χ2n) is 5.99. The Kier molecular flexibility index (Phi) is 5.87. The molecule has 0 saturated heterocycles. The number of nitrogens with zero attached hydrogens (tertiary/aromatic N) is 2. The smallest absolute Gasteiger partial charge is 0.231 e. The fourth-order valence-corrected chi connectivity index (χ4v) is 2.30. The molecule has 0 aliphatic carbocycles. The molecule has 6 nitrogen and oxygen atoms in total. The molecule has 7 heteroatoms. The first-order valence-corrected chi connectivity index (χ1v) is 7.43. The Morgan fingerprint density at radius 1 is 1.25 bits per heavy atom. The molecular formula is C17H21IN4O2. The first-order valence-electron chi connectivity index (χ1n) is 7.43. The standard InChI is InChI=1S/C17H20N4O2.HI/c1-17(2,12-6-7-13-14(9-12)23-11-22-13)10-20-16(18)21-15-5-3-4-8-19-15;/h3-9H,10-11H2,1-2H3,(H3,18,19,20,21);1H. The van der Waals surface area contributed by atoms with Crippen molar-refractivity contribution in [1.82, 2.24) is 4.98 Å². The average Bonchev–Trinajstić information content (AvgIpc) is 3.02. The third kappa shape index (κ3) is 4.28. The number of halogens is 1. The number of aromatic nitrogens is 1. The molecule has 0 saturated carbocycles. The highest BCUT2D eigenvalue weighted by atomic mass is 127. The quantitative estimate of drug-likeness (QED) is 0.434. The molecule has 0 unspecified atom stereocenters. The third-order valence-electron chi connectivity index (χ3n) is 3.72. The normalized spacial score (nSPS) is 13.3. The molecule has 1 aliphatic rings. The highest BCUT2D eigenvalue weighted by Gasteiger charge is 2.24. The number of benzene rings is 1. The van der Waals surface area contributed by atoms with Gasteiger partial charge in [-0.05, 0) is 29.8 Å². The number of aliphatic imine (C=N–C) groups is 1. The van der Waals surface area contributed by atoms with Crippen LogP contribution in [-0.4, -0.2) is 24.3 Å². The summed E-state index contributed by atoms with van der Waals surface area (Å²) in [6.45, 7) is 5.04. The van der Waals surface area contributed by atoms with E-state index < -0.39 is 0 Å². The molecule has 1 aromatic carbocycles. The summed E-state index contributed by atoms with van der Waals surface area (Å²) in [6, 6.07) is 11.5. The summed E-state index contributed by atoms with van der Waals surface area (Å²) < 4.78 is 10.8. The van der Waals surface area contributed by atoms with Crippen molar-refractivity contribution in [3.8, 4) is 11.5 Å². The second kappa shape index (κ2) is 7.69. The van der Waals surface area contributed by atoms with E-state index in [1.54, 1.807) is 6.20 Å². The molecule has 0 atom stereocenters. The summed E-state index contributed by atoms with van der Waals surface area (Å²) in [7, 11) is 0. The average molecular weight is 440 g/mol. The Morgan fingerprint density at radius 3 is 2.79 bits per heavy atom. The van der Waals surface area contributed by atoms with Crippen molar-refractivity contribution >= 4 is 35.8 Å². The van der Waals surface area contributed by atoms with Crippen LogP contribution in [0, 0.1) is 0 Å². The summed E-state index contributed by atoms with van der Waals surface area (Å²) in [5.41, 5.74) is 6.87. The van der Waals surface area contributed by atoms with Crippen molar-refractivity contribution in [2.45, 2.75) is 19.3 Å². The lowest BCUT2D eigenvalue weighted by Gasteiger charge is -2.23. The largest absolute Gasteiger partial charge is 0.454 e. The number of rotatable bonds is 4. The number of hydrogen-bond acceptors (Lipinski definition) is 4. The molecule has 0 fully saturated rings. The van der Waals surface area contributed by atoms with Gasteiger partial charge in [0, 0.05) is 11.6 Å². The number of guanidine groups is 1. The summed E-state index contributed by atoms with van der Waals surface area (Å²) in [6.07, 6.45) is 1.70. The minimum absolute atomic E-state index is 0. The summed E-state index contributed by atoms with van der Waals surface area (Å²) in [5, 5.41) is 2.98. The Bertz CT molecular complexity index is 720. The molecule has 0 bridgehead atoms. The van der Waals surface area contributed by atoms with Crippen LogP contribution in [0.15, 0.2) is 47.6 Å². The Morgan fingerprint density at radius 2 is 2.04 bits per heavy atom. The molecule has 3 rings (SSSR count). The van der Waals surface area contributed by atoms with Crippen LogP contribution in [0.1, 0.15) is 19.4 Å². The van der Waals surface area contributed by atoms with Crippen molar-refractivity contribution in [2.24, 2.45) is 10.7 Å². The van der Waals surface area contributed by atoms with Gasteiger partial charge in [0.05, 0.1) is 6.54 Å². The Balaban J connectivity index is 0.00000208. The SMILES string of the molecule is CC(C)(CN=C(N)Nc1ccccn1)c1ccc2c(c1)OCO2.I. The number of nitrogens with one attached hydrogen (secondary N) is 1. The van der Waals surface area contributed by atoms with Crippen molar-refractivity contribution in [2.75, 3.05) is 18.7 Å². The van der Waals surface area contributed by atoms with Gasteiger partial charge >= 0.3 is 0 Å². The van der Waals surface area contributed by atoms with Crippen molar-refractivity contribution < 1.29 is 9.47 Å². The maximum Gasteiger partial charge on any atom is 0.231 e. The minimum atomic E-state index is -0.183. The molecule has 0 radical (unpaired) electrons. The fourth-order valence-electron chi connectivity index (χ4n) is 2.30. The highest BCUT2D eigenvalue weighted by molar-refractivity contribution is 14.0. The van der Waals surface area contributed by atoms with Crippen molar-refractivity contribution in [3.63, 3.8) is 0 Å². The molecule has 1 aromatic heterocycles. The minimum Gasteiger partial charge on any atom is -0.454 e. The molecule has 24 heavy (non-hydrogen) atoms. The monoisotopic (exact) mass is 440 g/mol. The maximum atomic E-state index is 5.94. The van der Waals surface area contributed by atoms with Crippen molar-refractivity contribution in [1.29, 1.82) is 0 Å². The molecular weight excluding hydrogens is 419 g/mol. The van der Waals surface area contributed by atoms with Gasteiger partial charge in [0.1, 0.15) is 5.82 Å². The van der Waals surface area contributed by atoms with E-state index in [-0.39, 0.29) is 36.2 Å². The molecule has 0 spiro atoms. The van der Waals surface area contributed by atoms with Gasteiger partial charge in [-0.25, -0.2) is 4.98 Å². The lowest BCUT2D eigenvalue weighted by Crippen LogP contribution is -2.28. The molecule has 1 aliphatic heterocycles. The van der Waals surface area contributed by atoms with Gasteiger partial charge in [-0.15, -0.1) is 24.0 Å². The van der Waals surface area contributed by atoms with Gasteiger partial charge < -0.3 is 20.5 Å². The predicted molar refractivity (Wildman–Crippen MR) is 105 cm³/mol. The zero-order chi connectivity index (χ0) is 16.3. The molecule has 3 N–H and O–H groups in total. The van der Waals surface area contributed by atoms with E-state index in [1.165, 1.54) is 0 Å². The summed E-state index contributed by atoms with van der Waals surface area (Å²) in [4.78, 5) is 8.59. The number of pyridine rings is 1. The summed E-state index contributed by atoms with van der Waals surface area (Å²) in [5.74, 6) is 2.58. The number of fused-ring (bicyclic) bond motifs is 1. The zero-order valence-electron chi connectivity index (χ0n) is 13.7. The third-order valence-corrected chi connectivity index (χ3v) is 3.72. The van der Waals surface area contributed by atoms with Crippen LogP contribution in [0.5, 0.6) is 11.5 Å². The molecule has 0 amide bonds. The maximum absolute atomic E-state index is 5.94. The Hall–Kier alpha value is -2.03. The first kappa shape index (κ1) is 18.3. The van der Waals surface area contributed by atoms with Gasteiger partial charge in [-0.2, -0.15) is 0 Å². The topological polar surface area (TPSA) is 81.8 Å². The molecule has 2 heterocycles. The van der Waals surface area contributed by atoms with E-state index in [1.807, 2.05) is 36.4 Å². The predicted octanol–water partition coefficient (Wildman–Crippen LogP) is 3.13. The number of hydrogen-bond donors (Lipinski definition) is 2. The van der Waals surface area contributed by atoms with Crippen LogP contribution in [-0.2, 0) is 5.41 Å². The van der Waals surface area contributed by atoms with Gasteiger partial charge in [0.25, 0.3) is 0 Å². The lowest BCUT2D eigenvalue weighted by molar-refractivity contribution is 0.174. The van der Waals surface area contributed by atoms with Crippen molar-refractivity contribution in [3.05, 3.63) is 48.2 Å². The van der Waals surface area contributed by atoms with Crippen LogP contribution in [0.2, 0.25) is 0 Å². The fraction of sp³-hybridized carbons (Fsp3) is 0.294. The second-order valence-corrected chi connectivity index (χ2v) is 5.99. The van der Waals surface area contributed by atoms with E-state index in [0.717, 1.165) is 17.1 Å². The van der Waals surface area contributed by atoms with Crippen LogP contribution in [0.25, 0.3) is 0 Å². The van der Waals surface area contributed by atoms with E-state index >= 15 is 0 Å². The Labute approximate surface area is 158 Å². The van der Waals surface area contributed by atoms with Crippen LogP contribution < -0.4 is 20.5 Å². The number of nitrogens with two attached hydrogens (primary N) is 1. The summed E-state index contributed by atoms with van der Waals surface area (Å²) >= 11 is 0. The molecule has 128 valence electrons. The number of anilines is 1. The van der Waals surface area contributed by atoms with Gasteiger partial charge in [0.15, 0.2) is 17.5 Å². The van der Waals surface area contributed by atoms with Gasteiger partial charge in [-0.3, -0.25) is 4.99 Å². The van der Waals surface area contributed by atoms with Crippen LogP contribution in [0.4, 0.5) is 5.82 Å². The van der Waals surface area contributed by atoms with Crippen LogP contribution in [0.3, 0.4) is 0 Å². The van der Waals surface area contributed by atoms with E-state index in [2.05, 4.69) is 29.1 Å². The van der Waals surface area contributed by atoms with Gasteiger partial charge in [-0.1, -0.05) is 26.0 Å². The van der Waals surface area contributed by atoms with E-state index in [4.69, 9.17) is 15.2 Å². The highest BCUT2D eigenvalue weighted by Crippen LogP contribution is 2.36. The van der Waals surface area contributed by atoms with Gasteiger partial charge in [0.2, 0.25) is 6.79 Å². The lowest BCUT2D eigenvalue weighted by atomic mass is 9.84. The van der Waals surface area contributed by atoms with E-state index in [9.17, 15) is 0 Å². The zero-order valence-corrected chi connectivity index (χ0v) is 16.0. The number of ether oxygens (including phenoxy) is 2.